The predicted molar refractivity (Wildman–Crippen MR) is 53.6 cm³/mol. The molecule has 1 fully saturated rings. The fraction of sp³-hybridized carbons (Fsp3) is 0.455. The van der Waals surface area contributed by atoms with E-state index in [1.54, 1.807) is 6.07 Å². The molecule has 0 radical (unpaired) electrons. The predicted octanol–water partition coefficient (Wildman–Crippen LogP) is 2.30. The first kappa shape index (κ1) is 9.46. The maximum atomic E-state index is 13.1. The number of hydrogen-bond acceptors (Lipinski definition) is 2. The van der Waals surface area contributed by atoms with Crippen LogP contribution in [0.4, 0.5) is 10.1 Å². The summed E-state index contributed by atoms with van der Waals surface area (Å²) in [5, 5.41) is 0. The first-order valence-corrected chi connectivity index (χ1v) is 4.89. The molecule has 0 unspecified atom stereocenters. The van der Waals surface area contributed by atoms with E-state index in [0.717, 1.165) is 31.6 Å². The summed E-state index contributed by atoms with van der Waals surface area (Å²) in [7, 11) is 0. The summed E-state index contributed by atoms with van der Waals surface area (Å²) in [6.07, 6.45) is 1.92. The van der Waals surface area contributed by atoms with Crippen LogP contribution in [0.5, 0.6) is 0 Å². The van der Waals surface area contributed by atoms with Crippen LogP contribution in [0.2, 0.25) is 0 Å². The van der Waals surface area contributed by atoms with Crippen molar-refractivity contribution in [2.24, 2.45) is 0 Å². The summed E-state index contributed by atoms with van der Waals surface area (Å²) < 4.78 is 18.3. The van der Waals surface area contributed by atoms with Crippen molar-refractivity contribution in [2.75, 3.05) is 18.9 Å². The van der Waals surface area contributed by atoms with Crippen LogP contribution in [0.1, 0.15) is 24.3 Å². The zero-order valence-corrected chi connectivity index (χ0v) is 8.00. The number of rotatable bonds is 1. The Morgan fingerprint density at radius 1 is 1.21 bits per heavy atom. The number of benzene rings is 1. The average molecular weight is 195 g/mol. The van der Waals surface area contributed by atoms with Crippen LogP contribution < -0.4 is 5.73 Å². The third-order valence-corrected chi connectivity index (χ3v) is 2.64. The van der Waals surface area contributed by atoms with Crippen LogP contribution in [0, 0.1) is 5.82 Å². The Morgan fingerprint density at radius 2 is 1.93 bits per heavy atom. The van der Waals surface area contributed by atoms with Gasteiger partial charge in [-0.25, -0.2) is 4.39 Å². The highest BCUT2D eigenvalue weighted by atomic mass is 19.1. The van der Waals surface area contributed by atoms with E-state index in [4.69, 9.17) is 10.5 Å². The van der Waals surface area contributed by atoms with Crippen molar-refractivity contribution >= 4 is 5.69 Å². The van der Waals surface area contributed by atoms with Crippen molar-refractivity contribution in [2.45, 2.75) is 18.8 Å². The Bertz CT molecular complexity index is 301. The van der Waals surface area contributed by atoms with Gasteiger partial charge in [-0.15, -0.1) is 0 Å². The molecule has 2 N–H and O–H groups in total. The van der Waals surface area contributed by atoms with Gasteiger partial charge in [0, 0.05) is 18.9 Å². The fourth-order valence-corrected chi connectivity index (χ4v) is 1.90. The monoisotopic (exact) mass is 195 g/mol. The molecule has 1 heterocycles. The Labute approximate surface area is 82.9 Å². The largest absolute Gasteiger partial charge is 0.399 e. The van der Waals surface area contributed by atoms with E-state index >= 15 is 0 Å². The summed E-state index contributed by atoms with van der Waals surface area (Å²) in [4.78, 5) is 0. The standard InChI is InChI=1S/C11H14FNO/c12-10-5-9(6-11(13)7-10)8-1-3-14-4-2-8/h5-8H,1-4,13H2. The number of ether oxygens (including phenoxy) is 1. The van der Waals surface area contributed by atoms with Gasteiger partial charge in [0.25, 0.3) is 0 Å². The molecular formula is C11H14FNO. The Morgan fingerprint density at radius 3 is 2.57 bits per heavy atom. The molecule has 0 atom stereocenters. The third-order valence-electron chi connectivity index (χ3n) is 2.64. The van der Waals surface area contributed by atoms with E-state index in [0.29, 0.717) is 11.6 Å². The smallest absolute Gasteiger partial charge is 0.125 e. The van der Waals surface area contributed by atoms with Gasteiger partial charge in [0.05, 0.1) is 0 Å². The first-order valence-electron chi connectivity index (χ1n) is 4.89. The van der Waals surface area contributed by atoms with Crippen LogP contribution in [0.15, 0.2) is 18.2 Å². The minimum absolute atomic E-state index is 0.244. The van der Waals surface area contributed by atoms with E-state index in [1.165, 1.54) is 6.07 Å². The lowest BCUT2D eigenvalue weighted by molar-refractivity contribution is 0.0853. The van der Waals surface area contributed by atoms with E-state index in [9.17, 15) is 4.39 Å². The quantitative estimate of drug-likeness (QED) is 0.698. The molecule has 1 aliphatic heterocycles. The molecule has 1 saturated heterocycles. The number of nitrogen functional groups attached to an aromatic ring is 1. The van der Waals surface area contributed by atoms with Crippen LogP contribution in [-0.4, -0.2) is 13.2 Å². The molecule has 1 aliphatic rings. The highest BCUT2D eigenvalue weighted by Gasteiger charge is 2.16. The SMILES string of the molecule is Nc1cc(F)cc(C2CCOCC2)c1. The maximum Gasteiger partial charge on any atom is 0.125 e. The van der Waals surface area contributed by atoms with Gasteiger partial charge < -0.3 is 10.5 Å². The van der Waals surface area contributed by atoms with Gasteiger partial charge in [0.15, 0.2) is 0 Å². The van der Waals surface area contributed by atoms with Crippen LogP contribution >= 0.6 is 0 Å². The molecular weight excluding hydrogens is 181 g/mol. The van der Waals surface area contributed by atoms with Gasteiger partial charge in [0.1, 0.15) is 5.82 Å². The van der Waals surface area contributed by atoms with Gasteiger partial charge in [-0.1, -0.05) is 0 Å². The molecule has 0 amide bonds. The van der Waals surface area contributed by atoms with E-state index in [1.807, 2.05) is 6.07 Å². The van der Waals surface area contributed by atoms with Crippen molar-refractivity contribution in [3.05, 3.63) is 29.6 Å². The van der Waals surface area contributed by atoms with Gasteiger partial charge in [-0.3, -0.25) is 0 Å². The Kier molecular flexibility index (Phi) is 2.68. The minimum Gasteiger partial charge on any atom is -0.399 e. The number of anilines is 1. The second-order valence-corrected chi connectivity index (χ2v) is 3.70. The molecule has 2 nitrogen and oxygen atoms in total. The zero-order chi connectivity index (χ0) is 9.97. The lowest BCUT2D eigenvalue weighted by Gasteiger charge is -2.22. The number of hydrogen-bond donors (Lipinski definition) is 1. The van der Waals surface area contributed by atoms with Crippen molar-refractivity contribution in [3.63, 3.8) is 0 Å². The summed E-state index contributed by atoms with van der Waals surface area (Å²) >= 11 is 0. The number of nitrogens with two attached hydrogens (primary N) is 1. The summed E-state index contributed by atoms with van der Waals surface area (Å²) in [5.41, 5.74) is 7.11. The van der Waals surface area contributed by atoms with Crippen LogP contribution in [0.3, 0.4) is 0 Å². The summed E-state index contributed by atoms with van der Waals surface area (Å²) in [6.45, 7) is 1.53. The summed E-state index contributed by atoms with van der Waals surface area (Å²) in [5.74, 6) is 0.160. The number of halogens is 1. The molecule has 3 heteroatoms. The second kappa shape index (κ2) is 3.96. The molecule has 0 spiro atoms. The summed E-state index contributed by atoms with van der Waals surface area (Å²) in [6, 6.07) is 4.79. The first-order chi connectivity index (χ1) is 6.75. The van der Waals surface area contributed by atoms with Gasteiger partial charge >= 0.3 is 0 Å². The molecule has 0 bridgehead atoms. The fourth-order valence-electron chi connectivity index (χ4n) is 1.90. The van der Waals surface area contributed by atoms with Gasteiger partial charge in [-0.05, 0) is 42.5 Å². The highest BCUT2D eigenvalue weighted by Crippen LogP contribution is 2.28. The van der Waals surface area contributed by atoms with Gasteiger partial charge in [0.2, 0.25) is 0 Å². The zero-order valence-electron chi connectivity index (χ0n) is 8.00. The van der Waals surface area contributed by atoms with E-state index in [-0.39, 0.29) is 5.82 Å². The molecule has 1 aromatic carbocycles. The minimum atomic E-state index is -0.244. The molecule has 14 heavy (non-hydrogen) atoms. The van der Waals surface area contributed by atoms with Crippen molar-refractivity contribution < 1.29 is 9.13 Å². The lowest BCUT2D eigenvalue weighted by Crippen LogP contribution is -2.14. The van der Waals surface area contributed by atoms with Crippen molar-refractivity contribution in [1.29, 1.82) is 0 Å². The van der Waals surface area contributed by atoms with E-state index < -0.39 is 0 Å². The molecule has 0 saturated carbocycles. The Balaban J connectivity index is 2.21. The van der Waals surface area contributed by atoms with Crippen LogP contribution in [0.25, 0.3) is 0 Å². The highest BCUT2D eigenvalue weighted by molar-refractivity contribution is 5.42. The van der Waals surface area contributed by atoms with Crippen LogP contribution in [-0.2, 0) is 4.74 Å². The molecule has 2 rings (SSSR count). The van der Waals surface area contributed by atoms with E-state index in [2.05, 4.69) is 0 Å². The van der Waals surface area contributed by atoms with Crippen molar-refractivity contribution in [1.82, 2.24) is 0 Å². The molecule has 0 aliphatic carbocycles. The molecule has 76 valence electrons. The normalized spacial score (nSPS) is 18.4. The lowest BCUT2D eigenvalue weighted by atomic mass is 9.91. The third kappa shape index (κ3) is 2.04. The topological polar surface area (TPSA) is 35.2 Å². The van der Waals surface area contributed by atoms with Crippen molar-refractivity contribution in [3.8, 4) is 0 Å². The maximum absolute atomic E-state index is 13.1. The molecule has 1 aromatic rings. The second-order valence-electron chi connectivity index (χ2n) is 3.70. The Hall–Kier alpha value is -1.09. The molecule has 0 aromatic heterocycles. The average Bonchev–Trinajstić information content (AvgIpc) is 2.18. The van der Waals surface area contributed by atoms with Gasteiger partial charge in [-0.2, -0.15) is 0 Å².